The number of hydrogen-bond acceptors (Lipinski definition) is 4. The highest BCUT2D eigenvalue weighted by atomic mass is 35.5. The molecule has 2 heterocycles. The van der Waals surface area contributed by atoms with Crippen molar-refractivity contribution in [1.29, 1.82) is 0 Å². The van der Waals surface area contributed by atoms with E-state index in [-0.39, 0.29) is 5.38 Å². The molecule has 0 amide bonds. The summed E-state index contributed by atoms with van der Waals surface area (Å²) in [6.07, 6.45) is 0. The molecule has 0 fully saturated rings. The molecule has 4 nitrogen and oxygen atoms in total. The summed E-state index contributed by atoms with van der Waals surface area (Å²) in [6.45, 7) is 2.47. The lowest BCUT2D eigenvalue weighted by Gasteiger charge is -2.29. The second-order valence-corrected chi connectivity index (χ2v) is 6.66. The summed E-state index contributed by atoms with van der Waals surface area (Å²) in [7, 11) is 2.05. The smallest absolute Gasteiger partial charge is 0.163 e. The molecule has 0 aliphatic carbocycles. The molecule has 2 aromatic carbocycles. The third-order valence-corrected chi connectivity index (χ3v) is 4.57. The molecule has 0 N–H and O–H groups in total. The zero-order valence-corrected chi connectivity index (χ0v) is 14.3. The number of hydrogen-bond donors (Lipinski definition) is 0. The standard InChI is InChI=1S/C19H19ClN2O2/c1-22-12-14(20)11-21-19(13-5-3-2-4-6-13)15-9-17-18(10-16(15)22)24-8-7-23-17/h2-6,9-10,14H,7-8,11-12H2,1H3. The predicted molar refractivity (Wildman–Crippen MR) is 97.3 cm³/mol. The Labute approximate surface area is 146 Å². The highest BCUT2D eigenvalue weighted by Crippen LogP contribution is 2.38. The van der Waals surface area contributed by atoms with Crippen molar-refractivity contribution in [2.45, 2.75) is 5.38 Å². The molecule has 1 unspecified atom stereocenters. The van der Waals surface area contributed by atoms with Crippen LogP contribution in [0.1, 0.15) is 11.1 Å². The van der Waals surface area contributed by atoms with Gasteiger partial charge < -0.3 is 14.4 Å². The molecule has 2 aliphatic rings. The summed E-state index contributed by atoms with van der Waals surface area (Å²) in [4.78, 5) is 6.99. The summed E-state index contributed by atoms with van der Waals surface area (Å²) in [5.41, 5.74) is 4.14. The second kappa shape index (κ2) is 6.36. The summed E-state index contributed by atoms with van der Waals surface area (Å²) in [5, 5.41) is -0.0323. The Kier molecular flexibility index (Phi) is 4.07. The minimum Gasteiger partial charge on any atom is -0.486 e. The number of alkyl halides is 1. The number of ether oxygens (including phenoxy) is 2. The van der Waals surface area contributed by atoms with Crippen molar-refractivity contribution in [1.82, 2.24) is 0 Å². The third-order valence-electron chi connectivity index (χ3n) is 4.29. The number of aliphatic imine (C=N–C) groups is 1. The maximum Gasteiger partial charge on any atom is 0.163 e. The van der Waals surface area contributed by atoms with Gasteiger partial charge >= 0.3 is 0 Å². The third kappa shape index (κ3) is 2.82. The first kappa shape index (κ1) is 15.3. The molecule has 0 saturated heterocycles. The fourth-order valence-electron chi connectivity index (χ4n) is 3.16. The highest BCUT2D eigenvalue weighted by molar-refractivity contribution is 6.22. The molecule has 0 aromatic heterocycles. The van der Waals surface area contributed by atoms with E-state index in [0.717, 1.165) is 40.6 Å². The van der Waals surface area contributed by atoms with Crippen molar-refractivity contribution in [2.24, 2.45) is 4.99 Å². The fourth-order valence-corrected chi connectivity index (χ4v) is 3.43. The van der Waals surface area contributed by atoms with Gasteiger partial charge in [0.25, 0.3) is 0 Å². The molecule has 0 saturated carbocycles. The number of anilines is 1. The minimum absolute atomic E-state index is 0.0323. The Morgan fingerprint density at radius 1 is 1.08 bits per heavy atom. The molecule has 4 rings (SSSR count). The summed E-state index contributed by atoms with van der Waals surface area (Å²) in [6, 6.07) is 14.3. The van der Waals surface area contributed by atoms with Crippen LogP contribution in [0.15, 0.2) is 47.5 Å². The first-order valence-electron chi connectivity index (χ1n) is 8.11. The Morgan fingerprint density at radius 3 is 2.54 bits per heavy atom. The van der Waals surface area contributed by atoms with Gasteiger partial charge in [0, 0.05) is 36.5 Å². The summed E-state index contributed by atoms with van der Waals surface area (Å²) < 4.78 is 11.5. The molecule has 2 aliphatic heterocycles. The van der Waals surface area contributed by atoms with Gasteiger partial charge in [0.1, 0.15) is 13.2 Å². The van der Waals surface area contributed by atoms with Crippen LogP contribution in [0.3, 0.4) is 0 Å². The van der Waals surface area contributed by atoms with Gasteiger partial charge in [-0.3, -0.25) is 4.99 Å². The van der Waals surface area contributed by atoms with Crippen molar-refractivity contribution in [3.8, 4) is 11.5 Å². The molecule has 124 valence electrons. The van der Waals surface area contributed by atoms with Crippen molar-refractivity contribution < 1.29 is 9.47 Å². The van der Waals surface area contributed by atoms with Crippen molar-refractivity contribution in [3.63, 3.8) is 0 Å². The van der Waals surface area contributed by atoms with Crippen LogP contribution in [0.4, 0.5) is 5.69 Å². The van der Waals surface area contributed by atoms with Gasteiger partial charge in [0.15, 0.2) is 11.5 Å². The fraction of sp³-hybridized carbons (Fsp3) is 0.316. The molecule has 2 aromatic rings. The van der Waals surface area contributed by atoms with Gasteiger partial charge in [-0.25, -0.2) is 0 Å². The molecule has 0 radical (unpaired) electrons. The van der Waals surface area contributed by atoms with E-state index >= 15 is 0 Å². The van der Waals surface area contributed by atoms with E-state index in [0.29, 0.717) is 19.8 Å². The van der Waals surface area contributed by atoms with Gasteiger partial charge in [0.2, 0.25) is 0 Å². The van der Waals surface area contributed by atoms with E-state index in [1.807, 2.05) is 30.3 Å². The summed E-state index contributed by atoms with van der Waals surface area (Å²) in [5.74, 6) is 1.56. The molecule has 0 spiro atoms. The van der Waals surface area contributed by atoms with Crippen LogP contribution in [-0.4, -0.2) is 44.4 Å². The quantitative estimate of drug-likeness (QED) is 0.745. The largest absolute Gasteiger partial charge is 0.486 e. The van der Waals surface area contributed by atoms with Gasteiger partial charge in [0.05, 0.1) is 17.6 Å². The van der Waals surface area contributed by atoms with Crippen LogP contribution in [0.2, 0.25) is 0 Å². The van der Waals surface area contributed by atoms with Crippen LogP contribution < -0.4 is 14.4 Å². The lowest BCUT2D eigenvalue weighted by Crippen LogP contribution is -2.31. The zero-order valence-electron chi connectivity index (χ0n) is 13.5. The number of benzene rings is 2. The number of fused-ring (bicyclic) bond motifs is 2. The number of nitrogens with zero attached hydrogens (tertiary/aromatic N) is 2. The Hall–Kier alpha value is -2.20. The Balaban J connectivity index is 1.91. The van der Waals surface area contributed by atoms with Gasteiger partial charge in [-0.15, -0.1) is 11.6 Å². The molecule has 24 heavy (non-hydrogen) atoms. The maximum absolute atomic E-state index is 6.45. The van der Waals surface area contributed by atoms with E-state index in [9.17, 15) is 0 Å². The first-order chi connectivity index (χ1) is 11.7. The van der Waals surface area contributed by atoms with Crippen LogP contribution >= 0.6 is 11.6 Å². The van der Waals surface area contributed by atoms with E-state index in [1.165, 1.54) is 0 Å². The molecular weight excluding hydrogens is 324 g/mol. The zero-order chi connectivity index (χ0) is 16.5. The van der Waals surface area contributed by atoms with E-state index in [2.05, 4.69) is 24.1 Å². The van der Waals surface area contributed by atoms with E-state index in [1.54, 1.807) is 0 Å². The molecule has 0 bridgehead atoms. The summed E-state index contributed by atoms with van der Waals surface area (Å²) >= 11 is 6.45. The Bertz CT molecular complexity index is 776. The van der Waals surface area contributed by atoms with Crippen molar-refractivity contribution in [3.05, 3.63) is 53.6 Å². The van der Waals surface area contributed by atoms with Gasteiger partial charge in [-0.2, -0.15) is 0 Å². The number of rotatable bonds is 1. The maximum atomic E-state index is 6.45. The van der Waals surface area contributed by atoms with E-state index < -0.39 is 0 Å². The first-order valence-corrected chi connectivity index (χ1v) is 8.55. The topological polar surface area (TPSA) is 34.1 Å². The number of halogens is 1. The van der Waals surface area contributed by atoms with Gasteiger partial charge in [-0.05, 0) is 6.07 Å². The lowest BCUT2D eigenvalue weighted by molar-refractivity contribution is 0.171. The van der Waals surface area contributed by atoms with Crippen LogP contribution in [0.25, 0.3) is 0 Å². The second-order valence-electron chi connectivity index (χ2n) is 6.05. The Morgan fingerprint density at radius 2 is 1.79 bits per heavy atom. The van der Waals surface area contributed by atoms with E-state index in [4.69, 9.17) is 26.1 Å². The molecule has 5 heteroatoms. The lowest BCUT2D eigenvalue weighted by atomic mass is 9.98. The normalized spacial score (nSPS) is 19.8. The van der Waals surface area contributed by atoms with Crippen molar-refractivity contribution in [2.75, 3.05) is 38.3 Å². The van der Waals surface area contributed by atoms with Gasteiger partial charge in [-0.1, -0.05) is 30.3 Å². The molecule has 1 atom stereocenters. The average molecular weight is 343 g/mol. The minimum atomic E-state index is -0.0323. The highest BCUT2D eigenvalue weighted by Gasteiger charge is 2.24. The van der Waals surface area contributed by atoms with Crippen LogP contribution in [0.5, 0.6) is 11.5 Å². The average Bonchev–Trinajstić information content (AvgIpc) is 2.61. The van der Waals surface area contributed by atoms with Crippen LogP contribution in [-0.2, 0) is 0 Å². The van der Waals surface area contributed by atoms with Crippen LogP contribution in [0, 0.1) is 0 Å². The van der Waals surface area contributed by atoms with Crippen molar-refractivity contribution >= 4 is 23.0 Å². The molecular formula is C19H19ClN2O2. The monoisotopic (exact) mass is 342 g/mol. The SMILES string of the molecule is CN1CC(Cl)CN=C(c2ccccc2)c2cc3c(cc21)OCCO3. The predicted octanol–water partition coefficient (Wildman–Crippen LogP) is 3.35.